The number of rotatable bonds is 6. The van der Waals surface area contributed by atoms with Crippen LogP contribution in [0.15, 0.2) is 24.3 Å². The minimum absolute atomic E-state index is 0.404. The van der Waals surface area contributed by atoms with Crippen LogP contribution in [-0.2, 0) is 6.42 Å². The molecule has 0 aliphatic rings. The molecule has 2 nitrogen and oxygen atoms in total. The summed E-state index contributed by atoms with van der Waals surface area (Å²) in [6.45, 7) is 8.10. The van der Waals surface area contributed by atoms with Crippen molar-refractivity contribution in [1.82, 2.24) is 5.32 Å². The molecule has 0 aliphatic carbocycles. The monoisotopic (exact) mass is 207 g/mol. The summed E-state index contributed by atoms with van der Waals surface area (Å²) >= 11 is 0. The maximum absolute atomic E-state index is 5.66. The summed E-state index contributed by atoms with van der Waals surface area (Å²) in [5, 5.41) is 3.31. The zero-order valence-corrected chi connectivity index (χ0v) is 9.92. The summed E-state index contributed by atoms with van der Waals surface area (Å²) in [4.78, 5) is 0. The van der Waals surface area contributed by atoms with E-state index in [1.807, 2.05) is 12.1 Å². The Morgan fingerprint density at radius 2 is 1.87 bits per heavy atom. The van der Waals surface area contributed by atoms with Crippen LogP contribution in [0.4, 0.5) is 0 Å². The van der Waals surface area contributed by atoms with Crippen LogP contribution >= 0.6 is 0 Å². The van der Waals surface area contributed by atoms with Crippen molar-refractivity contribution in [2.75, 3.05) is 13.2 Å². The van der Waals surface area contributed by atoms with Gasteiger partial charge in [0.1, 0.15) is 12.4 Å². The Labute approximate surface area is 92.6 Å². The largest absolute Gasteiger partial charge is 0.492 e. The summed E-state index contributed by atoms with van der Waals surface area (Å²) < 4.78 is 5.66. The number of hydrogen-bond acceptors (Lipinski definition) is 2. The Bertz CT molecular complexity index is 268. The fourth-order valence-electron chi connectivity index (χ4n) is 1.45. The van der Waals surface area contributed by atoms with E-state index in [1.165, 1.54) is 5.56 Å². The summed E-state index contributed by atoms with van der Waals surface area (Å²) in [6.07, 6.45) is 1.08. The SMILES string of the molecule is CCNC(C)COc1ccc(CC)cc1. The Balaban J connectivity index is 2.37. The van der Waals surface area contributed by atoms with Gasteiger partial charge in [0.05, 0.1) is 0 Å². The van der Waals surface area contributed by atoms with Gasteiger partial charge >= 0.3 is 0 Å². The molecule has 0 aromatic heterocycles. The van der Waals surface area contributed by atoms with Crippen molar-refractivity contribution < 1.29 is 4.74 Å². The molecular weight excluding hydrogens is 186 g/mol. The molecule has 1 rings (SSSR count). The van der Waals surface area contributed by atoms with Crippen LogP contribution in [-0.4, -0.2) is 19.2 Å². The van der Waals surface area contributed by atoms with Gasteiger partial charge < -0.3 is 10.1 Å². The van der Waals surface area contributed by atoms with Crippen LogP contribution in [0.2, 0.25) is 0 Å². The normalized spacial score (nSPS) is 12.5. The standard InChI is InChI=1S/C13H21NO/c1-4-12-6-8-13(9-7-12)15-10-11(3)14-5-2/h6-9,11,14H,4-5,10H2,1-3H3. The fourth-order valence-corrected chi connectivity index (χ4v) is 1.45. The molecule has 1 unspecified atom stereocenters. The zero-order valence-electron chi connectivity index (χ0n) is 9.92. The molecule has 0 saturated carbocycles. The van der Waals surface area contributed by atoms with E-state index in [1.54, 1.807) is 0 Å². The number of benzene rings is 1. The Hall–Kier alpha value is -1.02. The molecule has 2 heteroatoms. The van der Waals surface area contributed by atoms with Crippen LogP contribution in [0, 0.1) is 0 Å². The second-order valence-corrected chi connectivity index (χ2v) is 3.77. The maximum atomic E-state index is 5.66. The minimum Gasteiger partial charge on any atom is -0.492 e. The summed E-state index contributed by atoms with van der Waals surface area (Å²) in [7, 11) is 0. The molecule has 0 spiro atoms. The van der Waals surface area contributed by atoms with Gasteiger partial charge in [-0.25, -0.2) is 0 Å². The molecular formula is C13H21NO. The first-order chi connectivity index (χ1) is 7.26. The predicted octanol–water partition coefficient (Wildman–Crippen LogP) is 2.63. The lowest BCUT2D eigenvalue weighted by Gasteiger charge is -2.13. The van der Waals surface area contributed by atoms with Crippen molar-refractivity contribution in [1.29, 1.82) is 0 Å². The van der Waals surface area contributed by atoms with Gasteiger partial charge in [-0.3, -0.25) is 0 Å². The van der Waals surface area contributed by atoms with E-state index >= 15 is 0 Å². The molecule has 0 fully saturated rings. The third-order valence-electron chi connectivity index (χ3n) is 2.38. The van der Waals surface area contributed by atoms with Crippen LogP contribution in [0.5, 0.6) is 5.75 Å². The van der Waals surface area contributed by atoms with E-state index in [-0.39, 0.29) is 0 Å². The first-order valence-electron chi connectivity index (χ1n) is 5.71. The van der Waals surface area contributed by atoms with Gasteiger partial charge in [0.15, 0.2) is 0 Å². The summed E-state index contributed by atoms with van der Waals surface area (Å²) in [6, 6.07) is 8.72. The second kappa shape index (κ2) is 6.46. The lowest BCUT2D eigenvalue weighted by molar-refractivity contribution is 0.275. The molecule has 0 radical (unpaired) electrons. The molecule has 0 saturated heterocycles. The van der Waals surface area contributed by atoms with Gasteiger partial charge in [0.2, 0.25) is 0 Å². The second-order valence-electron chi connectivity index (χ2n) is 3.77. The van der Waals surface area contributed by atoms with Crippen molar-refractivity contribution in [3.63, 3.8) is 0 Å². The van der Waals surface area contributed by atoms with Crippen LogP contribution < -0.4 is 10.1 Å². The topological polar surface area (TPSA) is 21.3 Å². The molecule has 0 heterocycles. The maximum Gasteiger partial charge on any atom is 0.119 e. The van der Waals surface area contributed by atoms with E-state index in [9.17, 15) is 0 Å². The third kappa shape index (κ3) is 4.34. The van der Waals surface area contributed by atoms with E-state index in [0.717, 1.165) is 25.3 Å². The molecule has 0 bridgehead atoms. The smallest absolute Gasteiger partial charge is 0.119 e. The van der Waals surface area contributed by atoms with E-state index in [0.29, 0.717) is 6.04 Å². The summed E-state index contributed by atoms with van der Waals surface area (Å²) in [5.74, 6) is 0.956. The zero-order chi connectivity index (χ0) is 11.1. The Morgan fingerprint density at radius 3 is 2.40 bits per heavy atom. The van der Waals surface area contributed by atoms with Crippen LogP contribution in [0.3, 0.4) is 0 Å². The van der Waals surface area contributed by atoms with Crippen LogP contribution in [0.25, 0.3) is 0 Å². The number of likely N-dealkylation sites (N-methyl/N-ethyl adjacent to an activating group) is 1. The average molecular weight is 207 g/mol. The van der Waals surface area contributed by atoms with Gasteiger partial charge in [0.25, 0.3) is 0 Å². The van der Waals surface area contributed by atoms with Crippen LogP contribution in [0.1, 0.15) is 26.3 Å². The molecule has 0 amide bonds. The highest BCUT2D eigenvalue weighted by molar-refractivity contribution is 5.27. The van der Waals surface area contributed by atoms with Gasteiger partial charge in [0, 0.05) is 6.04 Å². The van der Waals surface area contributed by atoms with Crippen molar-refractivity contribution in [3.05, 3.63) is 29.8 Å². The van der Waals surface area contributed by atoms with Crippen molar-refractivity contribution in [3.8, 4) is 5.75 Å². The lowest BCUT2D eigenvalue weighted by atomic mass is 10.2. The van der Waals surface area contributed by atoms with Crippen molar-refractivity contribution in [2.24, 2.45) is 0 Å². The lowest BCUT2D eigenvalue weighted by Crippen LogP contribution is -2.31. The molecule has 1 N–H and O–H groups in total. The Morgan fingerprint density at radius 1 is 1.20 bits per heavy atom. The number of hydrogen-bond donors (Lipinski definition) is 1. The predicted molar refractivity (Wildman–Crippen MR) is 64.5 cm³/mol. The average Bonchev–Trinajstić information content (AvgIpc) is 2.27. The molecule has 1 aromatic rings. The molecule has 15 heavy (non-hydrogen) atoms. The van der Waals surface area contributed by atoms with Gasteiger partial charge in [-0.1, -0.05) is 26.0 Å². The Kier molecular flexibility index (Phi) is 5.19. The first kappa shape index (κ1) is 12.1. The molecule has 1 atom stereocenters. The fraction of sp³-hybridized carbons (Fsp3) is 0.538. The molecule has 1 aromatic carbocycles. The highest BCUT2D eigenvalue weighted by Gasteiger charge is 2.00. The third-order valence-corrected chi connectivity index (χ3v) is 2.38. The molecule has 84 valence electrons. The highest BCUT2D eigenvalue weighted by Crippen LogP contribution is 2.12. The first-order valence-corrected chi connectivity index (χ1v) is 5.71. The number of nitrogens with one attached hydrogen (secondary N) is 1. The quantitative estimate of drug-likeness (QED) is 0.774. The van der Waals surface area contributed by atoms with E-state index < -0.39 is 0 Å². The van der Waals surface area contributed by atoms with Crippen molar-refractivity contribution >= 4 is 0 Å². The highest BCUT2D eigenvalue weighted by atomic mass is 16.5. The summed E-state index contributed by atoms with van der Waals surface area (Å²) in [5.41, 5.74) is 1.35. The van der Waals surface area contributed by atoms with E-state index in [2.05, 4.69) is 38.2 Å². The van der Waals surface area contributed by atoms with Gasteiger partial charge in [-0.2, -0.15) is 0 Å². The molecule has 0 aliphatic heterocycles. The van der Waals surface area contributed by atoms with Crippen molar-refractivity contribution in [2.45, 2.75) is 33.2 Å². The number of ether oxygens (including phenoxy) is 1. The van der Waals surface area contributed by atoms with Gasteiger partial charge in [-0.15, -0.1) is 0 Å². The van der Waals surface area contributed by atoms with E-state index in [4.69, 9.17) is 4.74 Å². The number of aryl methyl sites for hydroxylation is 1. The minimum atomic E-state index is 0.404. The van der Waals surface area contributed by atoms with Gasteiger partial charge in [-0.05, 0) is 37.6 Å².